The maximum absolute atomic E-state index is 11.3. The maximum Gasteiger partial charge on any atom is 0.261 e. The minimum atomic E-state index is -0.212. The lowest BCUT2D eigenvalue weighted by atomic mass is 10.1. The van der Waals surface area contributed by atoms with Gasteiger partial charge in [-0.05, 0) is 12.1 Å². The van der Waals surface area contributed by atoms with Gasteiger partial charge in [0.15, 0.2) is 0 Å². The van der Waals surface area contributed by atoms with Crippen LogP contribution in [0, 0.1) is 0 Å². The summed E-state index contributed by atoms with van der Waals surface area (Å²) in [7, 11) is 7.99. The van der Waals surface area contributed by atoms with E-state index in [0.717, 1.165) is 4.90 Å². The molecule has 0 atom stereocenters. The molecule has 180 valence electrons. The monoisotopic (exact) mass is 453 g/mol. The molecule has 0 bridgehead atoms. The second kappa shape index (κ2) is 23.4. The molecule has 0 saturated carbocycles. The molecule has 0 aromatic heterocycles. The molecule has 5 heteroatoms. The van der Waals surface area contributed by atoms with E-state index in [-0.39, 0.29) is 11.8 Å². The molecule has 2 amide bonds. The second-order valence-corrected chi connectivity index (χ2v) is 6.55. The minimum Gasteiger partial charge on any atom is -0.388 e. The van der Waals surface area contributed by atoms with Crippen LogP contribution in [-0.4, -0.2) is 52.2 Å². The van der Waals surface area contributed by atoms with Crippen LogP contribution in [0.1, 0.15) is 41.0 Å². The topological polar surface area (TPSA) is 55.8 Å². The van der Waals surface area contributed by atoms with Gasteiger partial charge in [0.05, 0.1) is 11.1 Å². The molecule has 0 saturated heterocycles. The van der Waals surface area contributed by atoms with E-state index >= 15 is 0 Å². The number of carbonyl (C=O) groups excluding carboxylic acids is 2. The Hall–Kier alpha value is -3.28. The largest absolute Gasteiger partial charge is 0.388 e. The van der Waals surface area contributed by atoms with E-state index < -0.39 is 0 Å². The predicted octanol–water partition coefficient (Wildman–Crippen LogP) is 6.23. The summed E-state index contributed by atoms with van der Waals surface area (Å²) in [6, 6.07) is 30.8. The van der Waals surface area contributed by atoms with Crippen molar-refractivity contribution in [3.63, 3.8) is 0 Å². The number of ether oxygens (including phenoxy) is 2. The summed E-state index contributed by atoms with van der Waals surface area (Å²) in [5.41, 5.74) is 1.01. The molecular formula is C28H39NO4. The van der Waals surface area contributed by atoms with Gasteiger partial charge in [0.25, 0.3) is 11.8 Å². The highest BCUT2D eigenvalue weighted by atomic mass is 16.5. The van der Waals surface area contributed by atoms with Crippen molar-refractivity contribution >= 4 is 11.8 Å². The number of amides is 2. The van der Waals surface area contributed by atoms with Gasteiger partial charge in [0, 0.05) is 35.5 Å². The fraction of sp³-hybridized carbons (Fsp3) is 0.286. The van der Waals surface area contributed by atoms with Crippen molar-refractivity contribution in [3.05, 3.63) is 108 Å². The zero-order valence-electron chi connectivity index (χ0n) is 21.0. The van der Waals surface area contributed by atoms with Gasteiger partial charge in [-0.15, -0.1) is 0 Å². The van der Waals surface area contributed by atoms with E-state index in [1.165, 1.54) is 13.5 Å². The molecule has 33 heavy (non-hydrogen) atoms. The van der Waals surface area contributed by atoms with E-state index in [4.69, 9.17) is 0 Å². The van der Waals surface area contributed by atoms with Gasteiger partial charge in [-0.3, -0.25) is 14.5 Å². The number of carbonyl (C=O) groups is 2. The fourth-order valence-corrected chi connectivity index (χ4v) is 2.08. The molecular weight excluding hydrogens is 414 g/mol. The Bertz CT molecular complexity index is 699. The minimum absolute atomic E-state index is 0.212. The van der Waals surface area contributed by atoms with E-state index in [1.54, 1.807) is 52.7 Å². The van der Waals surface area contributed by atoms with Crippen LogP contribution < -0.4 is 0 Å². The molecule has 4 rings (SSSR count). The predicted molar refractivity (Wildman–Crippen MR) is 138 cm³/mol. The zero-order valence-corrected chi connectivity index (χ0v) is 21.0. The Balaban J connectivity index is 0. The van der Waals surface area contributed by atoms with Crippen molar-refractivity contribution in [2.75, 3.05) is 35.5 Å². The molecule has 0 spiro atoms. The average molecular weight is 454 g/mol. The fourth-order valence-electron chi connectivity index (χ4n) is 2.08. The first-order valence-electron chi connectivity index (χ1n) is 10.7. The van der Waals surface area contributed by atoms with E-state index in [9.17, 15) is 9.59 Å². The molecule has 5 nitrogen and oxygen atoms in total. The van der Waals surface area contributed by atoms with Crippen LogP contribution in [0.15, 0.2) is 97.1 Å². The SMILES string of the molecule is CCC.CN1C(=O)c2ccccc2C1=O.COC.COC.c1ccccc1.c1ccccc1. The third kappa shape index (κ3) is 16.1. The Morgan fingerprint density at radius 1 is 0.545 bits per heavy atom. The number of rotatable bonds is 0. The van der Waals surface area contributed by atoms with Crippen LogP contribution in [-0.2, 0) is 9.47 Å². The van der Waals surface area contributed by atoms with Gasteiger partial charge in [-0.2, -0.15) is 0 Å². The summed E-state index contributed by atoms with van der Waals surface area (Å²) in [6.45, 7) is 4.25. The number of imide groups is 1. The Morgan fingerprint density at radius 2 is 0.727 bits per heavy atom. The van der Waals surface area contributed by atoms with E-state index in [0.29, 0.717) is 11.1 Å². The number of nitrogens with zero attached hydrogens (tertiary/aromatic N) is 1. The summed E-state index contributed by atoms with van der Waals surface area (Å²) in [4.78, 5) is 23.8. The van der Waals surface area contributed by atoms with Crippen LogP contribution in [0.4, 0.5) is 0 Å². The Labute approximate surface area is 200 Å². The van der Waals surface area contributed by atoms with Crippen LogP contribution in [0.2, 0.25) is 0 Å². The third-order valence-corrected chi connectivity index (χ3v) is 3.33. The van der Waals surface area contributed by atoms with Gasteiger partial charge in [-0.1, -0.05) is 105 Å². The molecule has 1 aliphatic heterocycles. The highest BCUT2D eigenvalue weighted by molar-refractivity contribution is 6.21. The first-order chi connectivity index (χ1) is 16.0. The van der Waals surface area contributed by atoms with Crippen LogP contribution in [0.5, 0.6) is 0 Å². The van der Waals surface area contributed by atoms with E-state index in [1.807, 2.05) is 72.8 Å². The van der Waals surface area contributed by atoms with Gasteiger partial charge >= 0.3 is 0 Å². The lowest BCUT2D eigenvalue weighted by Crippen LogP contribution is -2.24. The Kier molecular flexibility index (Phi) is 22.6. The molecule has 0 N–H and O–H groups in total. The molecule has 3 aromatic rings. The second-order valence-electron chi connectivity index (χ2n) is 6.55. The van der Waals surface area contributed by atoms with Gasteiger partial charge in [-0.25, -0.2) is 0 Å². The number of fused-ring (bicyclic) bond motifs is 1. The molecule has 0 radical (unpaired) electrons. The first-order valence-corrected chi connectivity index (χ1v) is 10.7. The first kappa shape index (κ1) is 31.9. The van der Waals surface area contributed by atoms with Crippen LogP contribution in [0.25, 0.3) is 0 Å². The standard InChI is InChI=1S/C9H7NO2.2C6H6.C3H8.2C2H6O/c1-10-8(11)6-4-2-3-5-7(6)9(10)12;2*1-2-4-6-5-3-1;3*1-3-2/h2-5H,1H3;2*1-6H;3H2,1-2H3;2*1-2H3. The van der Waals surface area contributed by atoms with Crippen molar-refractivity contribution in [2.45, 2.75) is 20.3 Å². The third-order valence-electron chi connectivity index (χ3n) is 3.33. The highest BCUT2D eigenvalue weighted by Crippen LogP contribution is 2.20. The molecule has 3 aromatic carbocycles. The van der Waals surface area contributed by atoms with Crippen molar-refractivity contribution in [3.8, 4) is 0 Å². The average Bonchev–Trinajstić information content (AvgIpc) is 3.08. The normalized spacial score (nSPS) is 10.1. The summed E-state index contributed by atoms with van der Waals surface area (Å²) < 4.78 is 8.50. The highest BCUT2D eigenvalue weighted by Gasteiger charge is 2.31. The lowest BCUT2D eigenvalue weighted by Gasteiger charge is -2.02. The van der Waals surface area contributed by atoms with Crippen LogP contribution in [0.3, 0.4) is 0 Å². The van der Waals surface area contributed by atoms with E-state index in [2.05, 4.69) is 23.3 Å². The Morgan fingerprint density at radius 3 is 0.909 bits per heavy atom. The van der Waals surface area contributed by atoms with Gasteiger partial charge in [0.2, 0.25) is 0 Å². The number of hydrogen-bond acceptors (Lipinski definition) is 4. The summed E-state index contributed by atoms with van der Waals surface area (Å²) >= 11 is 0. The van der Waals surface area contributed by atoms with Crippen molar-refractivity contribution in [2.24, 2.45) is 0 Å². The quantitative estimate of drug-likeness (QED) is 0.379. The summed E-state index contributed by atoms with van der Waals surface area (Å²) in [5.74, 6) is -0.425. The number of benzene rings is 3. The summed E-state index contributed by atoms with van der Waals surface area (Å²) in [6.07, 6.45) is 1.25. The van der Waals surface area contributed by atoms with Gasteiger partial charge in [0.1, 0.15) is 0 Å². The van der Waals surface area contributed by atoms with Crippen molar-refractivity contribution in [1.82, 2.24) is 4.90 Å². The van der Waals surface area contributed by atoms with Crippen molar-refractivity contribution < 1.29 is 19.1 Å². The lowest BCUT2D eigenvalue weighted by molar-refractivity contribution is 0.0693. The van der Waals surface area contributed by atoms with Gasteiger partial charge < -0.3 is 9.47 Å². The molecule has 0 unspecified atom stereocenters. The number of hydrogen-bond donors (Lipinski definition) is 0. The van der Waals surface area contributed by atoms with Crippen molar-refractivity contribution in [1.29, 1.82) is 0 Å². The molecule has 0 aliphatic carbocycles. The molecule has 1 aliphatic rings. The molecule has 0 fully saturated rings. The smallest absolute Gasteiger partial charge is 0.261 e. The summed E-state index contributed by atoms with van der Waals surface area (Å²) in [5, 5.41) is 0. The van der Waals surface area contributed by atoms with Crippen LogP contribution >= 0.6 is 0 Å². The number of methoxy groups -OCH3 is 2. The zero-order chi connectivity index (χ0) is 25.3. The molecule has 1 heterocycles. The maximum atomic E-state index is 11.3.